The lowest BCUT2D eigenvalue weighted by atomic mass is 10.0. The Labute approximate surface area is 160 Å². The van der Waals surface area contributed by atoms with Crippen LogP contribution < -0.4 is 15.0 Å². The second-order valence-corrected chi connectivity index (χ2v) is 6.93. The van der Waals surface area contributed by atoms with E-state index >= 15 is 0 Å². The summed E-state index contributed by atoms with van der Waals surface area (Å²) in [4.78, 5) is 15.0. The van der Waals surface area contributed by atoms with Gasteiger partial charge in [0.2, 0.25) is 0 Å². The molecular weight excluding hydrogens is 392 g/mol. The summed E-state index contributed by atoms with van der Waals surface area (Å²) in [6.07, 6.45) is -0.301. The maximum absolute atomic E-state index is 13.3. The van der Waals surface area contributed by atoms with Crippen molar-refractivity contribution >= 4 is 33.2 Å². The van der Waals surface area contributed by atoms with Crippen molar-refractivity contribution in [1.29, 1.82) is 0 Å². The predicted molar refractivity (Wildman–Crippen MR) is 107 cm³/mol. The minimum atomic E-state index is -0.301. The highest BCUT2D eigenvalue weighted by atomic mass is 79.9. The molecule has 5 heteroatoms. The van der Waals surface area contributed by atoms with Gasteiger partial charge in [0, 0.05) is 15.8 Å². The van der Waals surface area contributed by atoms with Gasteiger partial charge in [0.15, 0.2) is 0 Å². The van der Waals surface area contributed by atoms with Crippen LogP contribution in [0.5, 0.6) is 5.75 Å². The third-order valence-corrected chi connectivity index (χ3v) is 4.99. The molecule has 0 fully saturated rings. The molecule has 1 amide bonds. The van der Waals surface area contributed by atoms with Gasteiger partial charge in [-0.25, -0.2) is 0 Å². The first kappa shape index (κ1) is 16.7. The Hall–Kier alpha value is -2.79. The van der Waals surface area contributed by atoms with Crippen molar-refractivity contribution in [3.05, 3.63) is 88.4 Å². The van der Waals surface area contributed by atoms with Crippen LogP contribution in [0, 0.1) is 0 Å². The highest BCUT2D eigenvalue weighted by molar-refractivity contribution is 9.10. The summed E-state index contributed by atoms with van der Waals surface area (Å²) in [6, 6.07) is 23.1. The number of fused-ring (bicyclic) bond motifs is 1. The van der Waals surface area contributed by atoms with E-state index in [2.05, 4.69) is 21.2 Å². The molecule has 4 rings (SSSR count). The first-order valence-electron chi connectivity index (χ1n) is 8.26. The topological polar surface area (TPSA) is 41.6 Å². The zero-order chi connectivity index (χ0) is 18.1. The molecule has 3 aromatic carbocycles. The second kappa shape index (κ2) is 6.84. The van der Waals surface area contributed by atoms with Gasteiger partial charge in [0.1, 0.15) is 11.9 Å². The van der Waals surface area contributed by atoms with Crippen LogP contribution >= 0.6 is 15.9 Å². The van der Waals surface area contributed by atoms with E-state index < -0.39 is 0 Å². The van der Waals surface area contributed by atoms with E-state index in [9.17, 15) is 4.79 Å². The molecular formula is C21H17BrN2O2. The van der Waals surface area contributed by atoms with Crippen LogP contribution in [0.25, 0.3) is 0 Å². The van der Waals surface area contributed by atoms with Crippen molar-refractivity contribution in [2.24, 2.45) is 0 Å². The monoisotopic (exact) mass is 408 g/mol. The number of carbonyl (C=O) groups excluding carboxylic acids is 1. The molecule has 3 aromatic rings. The summed E-state index contributed by atoms with van der Waals surface area (Å²) in [7, 11) is 1.64. The Morgan fingerprint density at radius 3 is 2.35 bits per heavy atom. The van der Waals surface area contributed by atoms with E-state index in [4.69, 9.17) is 4.74 Å². The van der Waals surface area contributed by atoms with Gasteiger partial charge in [-0.1, -0.05) is 40.2 Å². The van der Waals surface area contributed by atoms with Crippen molar-refractivity contribution < 1.29 is 9.53 Å². The lowest BCUT2D eigenvalue weighted by Crippen LogP contribution is -2.43. The molecule has 0 aliphatic carbocycles. The standard InChI is InChI=1S/C21H17BrN2O2/c1-26-17-12-6-14(7-13-17)20-23-19-5-3-2-4-18(19)21(25)24(20)16-10-8-15(22)9-11-16/h2-13,20,23H,1H3. The van der Waals surface area contributed by atoms with Gasteiger partial charge < -0.3 is 10.1 Å². The molecule has 1 heterocycles. The summed E-state index contributed by atoms with van der Waals surface area (Å²) in [5.41, 5.74) is 3.32. The SMILES string of the molecule is COc1ccc(C2Nc3ccccc3C(=O)N2c2ccc(Br)cc2)cc1. The van der Waals surface area contributed by atoms with E-state index in [1.807, 2.05) is 72.8 Å². The number of ether oxygens (including phenoxy) is 1. The van der Waals surface area contributed by atoms with Crippen LogP contribution in [0.3, 0.4) is 0 Å². The Bertz CT molecular complexity index is 939. The highest BCUT2D eigenvalue weighted by Crippen LogP contribution is 2.37. The van der Waals surface area contributed by atoms with Gasteiger partial charge in [0.05, 0.1) is 12.7 Å². The van der Waals surface area contributed by atoms with Gasteiger partial charge in [-0.3, -0.25) is 9.69 Å². The fourth-order valence-electron chi connectivity index (χ4n) is 3.14. The summed E-state index contributed by atoms with van der Waals surface area (Å²) in [5.74, 6) is 0.758. The molecule has 1 atom stereocenters. The maximum Gasteiger partial charge on any atom is 0.262 e. The summed E-state index contributed by atoms with van der Waals surface area (Å²) >= 11 is 3.45. The molecule has 0 aromatic heterocycles. The zero-order valence-corrected chi connectivity index (χ0v) is 15.7. The molecule has 1 aliphatic heterocycles. The largest absolute Gasteiger partial charge is 0.497 e. The number of rotatable bonds is 3. The number of amides is 1. The third-order valence-electron chi connectivity index (χ3n) is 4.46. The minimum Gasteiger partial charge on any atom is -0.497 e. The van der Waals surface area contributed by atoms with E-state index in [0.717, 1.165) is 27.2 Å². The molecule has 0 radical (unpaired) electrons. The number of benzene rings is 3. The number of nitrogens with zero attached hydrogens (tertiary/aromatic N) is 1. The Morgan fingerprint density at radius 1 is 0.962 bits per heavy atom. The molecule has 1 unspecified atom stereocenters. The van der Waals surface area contributed by atoms with Crippen LogP contribution in [-0.2, 0) is 0 Å². The number of hydrogen-bond acceptors (Lipinski definition) is 3. The van der Waals surface area contributed by atoms with Crippen molar-refractivity contribution in [3.8, 4) is 5.75 Å². The number of nitrogens with one attached hydrogen (secondary N) is 1. The minimum absolute atomic E-state index is 0.0255. The molecule has 1 N–H and O–H groups in total. The van der Waals surface area contributed by atoms with Gasteiger partial charge >= 0.3 is 0 Å². The normalized spacial score (nSPS) is 16.0. The molecule has 0 bridgehead atoms. The van der Waals surface area contributed by atoms with Gasteiger partial charge in [-0.15, -0.1) is 0 Å². The van der Waals surface area contributed by atoms with Gasteiger partial charge in [-0.2, -0.15) is 0 Å². The lowest BCUT2D eigenvalue weighted by molar-refractivity contribution is 0.0975. The van der Waals surface area contributed by atoms with Crippen LogP contribution in [-0.4, -0.2) is 13.0 Å². The first-order chi connectivity index (χ1) is 12.7. The summed E-state index contributed by atoms with van der Waals surface area (Å²) in [5, 5.41) is 3.50. The third kappa shape index (κ3) is 2.95. The van der Waals surface area contributed by atoms with E-state index in [-0.39, 0.29) is 12.1 Å². The summed E-state index contributed by atoms with van der Waals surface area (Å²) in [6.45, 7) is 0. The number of hydrogen-bond donors (Lipinski definition) is 1. The molecule has 130 valence electrons. The number of methoxy groups -OCH3 is 1. The molecule has 1 aliphatic rings. The number of anilines is 2. The van der Waals surface area contributed by atoms with Crippen molar-refractivity contribution in [2.45, 2.75) is 6.17 Å². The molecule has 0 saturated carbocycles. The number of carbonyl (C=O) groups is 1. The van der Waals surface area contributed by atoms with Crippen LogP contribution in [0.1, 0.15) is 22.1 Å². The Balaban J connectivity index is 1.82. The quantitative estimate of drug-likeness (QED) is 0.644. The first-order valence-corrected chi connectivity index (χ1v) is 9.05. The van der Waals surface area contributed by atoms with E-state index in [1.165, 1.54) is 0 Å². The smallest absolute Gasteiger partial charge is 0.262 e. The van der Waals surface area contributed by atoms with Crippen LogP contribution in [0.15, 0.2) is 77.3 Å². The highest BCUT2D eigenvalue weighted by Gasteiger charge is 2.33. The average molecular weight is 409 g/mol. The van der Waals surface area contributed by atoms with Crippen LogP contribution in [0.4, 0.5) is 11.4 Å². The fourth-order valence-corrected chi connectivity index (χ4v) is 3.41. The van der Waals surface area contributed by atoms with Gasteiger partial charge in [0.25, 0.3) is 5.91 Å². The van der Waals surface area contributed by atoms with Crippen molar-refractivity contribution in [2.75, 3.05) is 17.3 Å². The Kier molecular flexibility index (Phi) is 4.39. The van der Waals surface area contributed by atoms with Crippen molar-refractivity contribution in [1.82, 2.24) is 0 Å². The van der Waals surface area contributed by atoms with E-state index in [1.54, 1.807) is 12.0 Å². The second-order valence-electron chi connectivity index (χ2n) is 6.02. The lowest BCUT2D eigenvalue weighted by Gasteiger charge is -2.38. The molecule has 0 saturated heterocycles. The zero-order valence-electron chi connectivity index (χ0n) is 14.1. The predicted octanol–water partition coefficient (Wildman–Crippen LogP) is 5.23. The molecule has 26 heavy (non-hydrogen) atoms. The van der Waals surface area contributed by atoms with Gasteiger partial charge in [-0.05, 0) is 54.1 Å². The summed E-state index contributed by atoms with van der Waals surface area (Å²) < 4.78 is 6.22. The molecule has 0 spiro atoms. The molecule has 4 nitrogen and oxygen atoms in total. The average Bonchev–Trinajstić information content (AvgIpc) is 2.69. The van der Waals surface area contributed by atoms with Crippen LogP contribution in [0.2, 0.25) is 0 Å². The van der Waals surface area contributed by atoms with E-state index in [0.29, 0.717) is 5.56 Å². The number of para-hydroxylation sites is 1. The Morgan fingerprint density at radius 2 is 1.65 bits per heavy atom. The van der Waals surface area contributed by atoms with Crippen molar-refractivity contribution in [3.63, 3.8) is 0 Å². The maximum atomic E-state index is 13.3. The fraction of sp³-hybridized carbons (Fsp3) is 0.0952. The number of halogens is 1.